The molecule has 18 heavy (non-hydrogen) atoms. The molecule has 1 aromatic carbocycles. The molecule has 1 amide bonds. The lowest BCUT2D eigenvalue weighted by molar-refractivity contribution is 0.0780. The summed E-state index contributed by atoms with van der Waals surface area (Å²) in [5.41, 5.74) is 1.82. The highest BCUT2D eigenvalue weighted by Gasteiger charge is 2.17. The van der Waals surface area contributed by atoms with E-state index in [1.807, 2.05) is 31.2 Å². The number of methoxy groups -OCH3 is 1. The van der Waals surface area contributed by atoms with Crippen LogP contribution in [0.4, 0.5) is 0 Å². The molecule has 1 unspecified atom stereocenters. The van der Waals surface area contributed by atoms with E-state index in [4.69, 9.17) is 16.3 Å². The van der Waals surface area contributed by atoms with Gasteiger partial charge in [0.05, 0.1) is 12.0 Å². The Labute approximate surface area is 114 Å². The lowest BCUT2D eigenvalue weighted by atomic mass is 10.0. The number of nitrogens with zero attached hydrogens (tertiary/aromatic N) is 1. The van der Waals surface area contributed by atoms with Crippen LogP contribution in [0.2, 0.25) is 0 Å². The number of benzene rings is 1. The van der Waals surface area contributed by atoms with Gasteiger partial charge < -0.3 is 9.64 Å². The Morgan fingerprint density at radius 2 is 2.11 bits per heavy atom. The molecule has 0 radical (unpaired) electrons. The van der Waals surface area contributed by atoms with Gasteiger partial charge in [0.1, 0.15) is 0 Å². The van der Waals surface area contributed by atoms with E-state index in [2.05, 4.69) is 0 Å². The van der Waals surface area contributed by atoms with Crippen molar-refractivity contribution in [3.8, 4) is 0 Å². The van der Waals surface area contributed by atoms with Gasteiger partial charge in [-0.25, -0.2) is 0 Å². The highest BCUT2D eigenvalue weighted by atomic mass is 35.5. The number of rotatable bonds is 6. The van der Waals surface area contributed by atoms with Crippen molar-refractivity contribution in [1.29, 1.82) is 0 Å². The van der Waals surface area contributed by atoms with Gasteiger partial charge in [-0.1, -0.05) is 25.1 Å². The minimum Gasteiger partial charge on any atom is -0.383 e. The molecule has 0 aliphatic carbocycles. The number of ether oxygens (including phenoxy) is 1. The summed E-state index contributed by atoms with van der Waals surface area (Å²) in [5, 5.41) is -0.183. The van der Waals surface area contributed by atoms with Gasteiger partial charge in [0.25, 0.3) is 5.91 Å². The van der Waals surface area contributed by atoms with E-state index in [9.17, 15) is 4.79 Å². The first-order valence-corrected chi connectivity index (χ1v) is 6.50. The van der Waals surface area contributed by atoms with Crippen molar-refractivity contribution < 1.29 is 9.53 Å². The van der Waals surface area contributed by atoms with E-state index in [0.29, 0.717) is 13.2 Å². The number of amides is 1. The van der Waals surface area contributed by atoms with Gasteiger partial charge in [0.2, 0.25) is 0 Å². The van der Waals surface area contributed by atoms with E-state index >= 15 is 0 Å². The molecule has 0 aliphatic rings. The molecule has 0 spiro atoms. The molecule has 4 heteroatoms. The van der Waals surface area contributed by atoms with Gasteiger partial charge in [-0.2, -0.15) is 0 Å². The number of aryl methyl sites for hydroxylation is 1. The molecule has 100 valence electrons. The van der Waals surface area contributed by atoms with Gasteiger partial charge in [-0.3, -0.25) is 4.79 Å². The van der Waals surface area contributed by atoms with Crippen LogP contribution in [0.15, 0.2) is 24.3 Å². The number of hydrogen-bond acceptors (Lipinski definition) is 2. The van der Waals surface area contributed by atoms with Crippen LogP contribution in [-0.4, -0.2) is 43.5 Å². The zero-order valence-corrected chi connectivity index (χ0v) is 11.9. The molecule has 1 aromatic rings. The van der Waals surface area contributed by atoms with Crippen molar-refractivity contribution in [3.63, 3.8) is 0 Å². The molecule has 0 aromatic heterocycles. The molecule has 0 fully saturated rings. The van der Waals surface area contributed by atoms with Gasteiger partial charge in [0.15, 0.2) is 0 Å². The second-order valence-electron chi connectivity index (χ2n) is 4.25. The van der Waals surface area contributed by atoms with Crippen LogP contribution in [0.1, 0.15) is 22.8 Å². The molecule has 0 aliphatic heterocycles. The topological polar surface area (TPSA) is 29.5 Å². The van der Waals surface area contributed by atoms with Gasteiger partial charge in [-0.05, 0) is 18.1 Å². The SMILES string of the molecule is CCc1ccccc1C(=O)N(C)CC(Cl)COC. The summed E-state index contributed by atoms with van der Waals surface area (Å²) in [6.07, 6.45) is 0.845. The normalized spacial score (nSPS) is 12.2. The van der Waals surface area contributed by atoms with E-state index in [1.54, 1.807) is 19.1 Å². The number of halogens is 1. The summed E-state index contributed by atoms with van der Waals surface area (Å²) < 4.78 is 4.96. The molecule has 0 saturated heterocycles. The van der Waals surface area contributed by atoms with E-state index < -0.39 is 0 Å². The number of alkyl halides is 1. The predicted octanol–water partition coefficient (Wildman–Crippen LogP) is 2.57. The number of carbonyl (C=O) groups excluding carboxylic acids is 1. The van der Waals surface area contributed by atoms with Crippen LogP contribution in [0.25, 0.3) is 0 Å². The maximum absolute atomic E-state index is 12.3. The maximum Gasteiger partial charge on any atom is 0.253 e. The molecule has 0 bridgehead atoms. The predicted molar refractivity (Wildman–Crippen MR) is 74.3 cm³/mol. The summed E-state index contributed by atoms with van der Waals surface area (Å²) in [4.78, 5) is 13.9. The minimum atomic E-state index is -0.183. The highest BCUT2D eigenvalue weighted by molar-refractivity contribution is 6.21. The molecule has 1 atom stereocenters. The molecular formula is C14H20ClNO2. The lowest BCUT2D eigenvalue weighted by Gasteiger charge is -2.21. The lowest BCUT2D eigenvalue weighted by Crippen LogP contribution is -2.34. The molecule has 0 saturated carbocycles. The fourth-order valence-corrected chi connectivity index (χ4v) is 2.19. The van der Waals surface area contributed by atoms with E-state index in [1.165, 1.54) is 0 Å². The van der Waals surface area contributed by atoms with Gasteiger partial charge in [0, 0.05) is 26.3 Å². The van der Waals surface area contributed by atoms with Crippen molar-refractivity contribution in [2.45, 2.75) is 18.7 Å². The first-order valence-electron chi connectivity index (χ1n) is 6.06. The van der Waals surface area contributed by atoms with Crippen LogP contribution in [0.3, 0.4) is 0 Å². The van der Waals surface area contributed by atoms with E-state index in [-0.39, 0.29) is 11.3 Å². The van der Waals surface area contributed by atoms with Crippen LogP contribution in [0.5, 0.6) is 0 Å². The van der Waals surface area contributed by atoms with Crippen molar-refractivity contribution in [2.24, 2.45) is 0 Å². The van der Waals surface area contributed by atoms with Gasteiger partial charge >= 0.3 is 0 Å². The van der Waals surface area contributed by atoms with Crippen molar-refractivity contribution in [1.82, 2.24) is 4.90 Å². The monoisotopic (exact) mass is 269 g/mol. The summed E-state index contributed by atoms with van der Waals surface area (Å²) in [6.45, 7) is 2.96. The fraction of sp³-hybridized carbons (Fsp3) is 0.500. The zero-order chi connectivity index (χ0) is 13.5. The second-order valence-corrected chi connectivity index (χ2v) is 4.87. The highest BCUT2D eigenvalue weighted by Crippen LogP contribution is 2.12. The summed E-state index contributed by atoms with van der Waals surface area (Å²) in [7, 11) is 3.36. The molecule has 0 heterocycles. The van der Waals surface area contributed by atoms with Crippen LogP contribution < -0.4 is 0 Å². The Morgan fingerprint density at radius 3 is 2.72 bits per heavy atom. The molecular weight excluding hydrogens is 250 g/mol. The van der Waals surface area contributed by atoms with Crippen molar-refractivity contribution in [2.75, 3.05) is 27.3 Å². The average Bonchev–Trinajstić information content (AvgIpc) is 2.38. The minimum absolute atomic E-state index is 0.00852. The third-order valence-electron chi connectivity index (χ3n) is 2.79. The first kappa shape index (κ1) is 15.0. The molecule has 3 nitrogen and oxygen atoms in total. The molecule has 0 N–H and O–H groups in total. The number of hydrogen-bond donors (Lipinski definition) is 0. The largest absolute Gasteiger partial charge is 0.383 e. The average molecular weight is 270 g/mol. The molecule has 1 rings (SSSR count). The number of carbonyl (C=O) groups is 1. The quantitative estimate of drug-likeness (QED) is 0.743. The summed E-state index contributed by atoms with van der Waals surface area (Å²) in [5.74, 6) is 0.00852. The smallest absolute Gasteiger partial charge is 0.253 e. The van der Waals surface area contributed by atoms with Crippen molar-refractivity contribution >= 4 is 17.5 Å². The fourth-order valence-electron chi connectivity index (χ4n) is 1.86. The van der Waals surface area contributed by atoms with E-state index in [0.717, 1.165) is 17.5 Å². The second kappa shape index (κ2) is 7.39. The van der Waals surface area contributed by atoms with Crippen LogP contribution in [-0.2, 0) is 11.2 Å². The zero-order valence-electron chi connectivity index (χ0n) is 11.1. The standard InChI is InChI=1S/C14H20ClNO2/c1-4-11-7-5-6-8-13(11)14(17)16(2)9-12(15)10-18-3/h5-8,12H,4,9-10H2,1-3H3. The Kier molecular flexibility index (Phi) is 6.16. The Morgan fingerprint density at radius 1 is 1.44 bits per heavy atom. The van der Waals surface area contributed by atoms with Gasteiger partial charge in [-0.15, -0.1) is 11.6 Å². The Balaban J connectivity index is 2.74. The third-order valence-corrected chi connectivity index (χ3v) is 3.06. The third kappa shape index (κ3) is 4.00. The summed E-state index contributed by atoms with van der Waals surface area (Å²) in [6, 6.07) is 7.67. The van der Waals surface area contributed by atoms with Crippen molar-refractivity contribution in [3.05, 3.63) is 35.4 Å². The van der Waals surface area contributed by atoms with Crippen LogP contribution in [0, 0.1) is 0 Å². The maximum atomic E-state index is 12.3. The van der Waals surface area contributed by atoms with Crippen LogP contribution >= 0.6 is 11.6 Å². The first-order chi connectivity index (χ1) is 8.60. The Hall–Kier alpha value is -1.06. The Bertz CT molecular complexity index is 395. The summed E-state index contributed by atoms with van der Waals surface area (Å²) >= 11 is 6.06.